The van der Waals surface area contributed by atoms with Gasteiger partial charge >= 0.3 is 0 Å². The van der Waals surface area contributed by atoms with E-state index in [4.69, 9.17) is 11.6 Å². The van der Waals surface area contributed by atoms with E-state index in [2.05, 4.69) is 5.32 Å². The van der Waals surface area contributed by atoms with Crippen molar-refractivity contribution in [1.82, 2.24) is 5.32 Å². The SMILES string of the molecule is CS(=O)CCNC(=O)c1ccc([N+](=O)[O-])cc1Cl. The summed E-state index contributed by atoms with van der Waals surface area (Å²) in [5.41, 5.74) is -0.0182. The van der Waals surface area contributed by atoms with E-state index < -0.39 is 21.6 Å². The van der Waals surface area contributed by atoms with Crippen LogP contribution >= 0.6 is 11.6 Å². The molecule has 0 aliphatic heterocycles. The van der Waals surface area contributed by atoms with Gasteiger partial charge in [-0.2, -0.15) is 0 Å². The van der Waals surface area contributed by atoms with Crippen LogP contribution in [0.1, 0.15) is 10.4 Å². The molecule has 0 heterocycles. The molecule has 0 saturated heterocycles. The minimum Gasteiger partial charge on any atom is -0.351 e. The van der Waals surface area contributed by atoms with Gasteiger partial charge in [0.25, 0.3) is 11.6 Å². The van der Waals surface area contributed by atoms with Crippen LogP contribution in [0, 0.1) is 10.1 Å². The van der Waals surface area contributed by atoms with E-state index in [1.807, 2.05) is 0 Å². The van der Waals surface area contributed by atoms with E-state index in [1.54, 1.807) is 0 Å². The van der Waals surface area contributed by atoms with Crippen molar-refractivity contribution in [2.24, 2.45) is 0 Å². The molecule has 1 amide bonds. The lowest BCUT2D eigenvalue weighted by molar-refractivity contribution is -0.384. The number of carbonyl (C=O) groups excluding carboxylic acids is 1. The van der Waals surface area contributed by atoms with Gasteiger partial charge in [-0.15, -0.1) is 0 Å². The lowest BCUT2D eigenvalue weighted by atomic mass is 10.2. The van der Waals surface area contributed by atoms with E-state index in [0.29, 0.717) is 5.75 Å². The number of non-ortho nitro benzene ring substituents is 1. The van der Waals surface area contributed by atoms with Gasteiger partial charge in [-0.25, -0.2) is 0 Å². The molecule has 1 N–H and O–H groups in total. The molecule has 1 unspecified atom stereocenters. The summed E-state index contributed by atoms with van der Waals surface area (Å²) >= 11 is 5.78. The van der Waals surface area contributed by atoms with Crippen LogP contribution < -0.4 is 5.32 Å². The Kier molecular flexibility index (Phi) is 5.24. The number of rotatable bonds is 5. The summed E-state index contributed by atoms with van der Waals surface area (Å²) < 4.78 is 10.8. The zero-order valence-electron chi connectivity index (χ0n) is 9.51. The van der Waals surface area contributed by atoms with Crippen molar-refractivity contribution in [3.63, 3.8) is 0 Å². The van der Waals surface area contributed by atoms with Crippen LogP contribution in [0.4, 0.5) is 5.69 Å². The van der Waals surface area contributed by atoms with Crippen molar-refractivity contribution in [2.45, 2.75) is 0 Å². The van der Waals surface area contributed by atoms with Gasteiger partial charge in [-0.1, -0.05) is 11.6 Å². The second kappa shape index (κ2) is 6.46. The molecule has 0 aromatic heterocycles. The molecule has 0 aliphatic rings. The summed E-state index contributed by atoms with van der Waals surface area (Å²) in [7, 11) is -0.991. The molecule has 1 atom stereocenters. The highest BCUT2D eigenvalue weighted by Gasteiger charge is 2.14. The summed E-state index contributed by atoms with van der Waals surface area (Å²) in [6.45, 7) is 0.259. The number of hydrogen-bond acceptors (Lipinski definition) is 4. The third kappa shape index (κ3) is 4.08. The number of nitrogens with one attached hydrogen (secondary N) is 1. The molecular formula is C10H11ClN2O4S. The molecule has 1 aromatic rings. The fraction of sp³-hybridized carbons (Fsp3) is 0.300. The maximum atomic E-state index is 11.7. The Bertz CT molecular complexity index is 507. The van der Waals surface area contributed by atoms with Gasteiger partial charge in [0.05, 0.1) is 15.5 Å². The summed E-state index contributed by atoms with van der Waals surface area (Å²) in [6, 6.07) is 3.62. The maximum Gasteiger partial charge on any atom is 0.270 e. The van der Waals surface area contributed by atoms with Crippen LogP contribution in [0.25, 0.3) is 0 Å². The largest absolute Gasteiger partial charge is 0.351 e. The Balaban J connectivity index is 2.74. The van der Waals surface area contributed by atoms with Crippen molar-refractivity contribution in [1.29, 1.82) is 0 Å². The smallest absolute Gasteiger partial charge is 0.270 e. The Labute approximate surface area is 111 Å². The van der Waals surface area contributed by atoms with Crippen LogP contribution in [0.2, 0.25) is 5.02 Å². The summed E-state index contributed by atoms with van der Waals surface area (Å²) in [5.74, 6) is -0.101. The second-order valence-electron chi connectivity index (χ2n) is 3.45. The van der Waals surface area contributed by atoms with Gasteiger partial charge in [0.15, 0.2) is 0 Å². The summed E-state index contributed by atoms with van der Waals surface area (Å²) in [6.07, 6.45) is 1.53. The Morgan fingerprint density at radius 1 is 1.56 bits per heavy atom. The third-order valence-corrected chi connectivity index (χ3v) is 3.17. The topological polar surface area (TPSA) is 89.3 Å². The molecule has 0 spiro atoms. The Morgan fingerprint density at radius 3 is 2.72 bits per heavy atom. The number of amides is 1. The van der Waals surface area contributed by atoms with Crippen molar-refractivity contribution >= 4 is 34.0 Å². The number of nitrogens with zero attached hydrogens (tertiary/aromatic N) is 1. The van der Waals surface area contributed by atoms with Gasteiger partial charge in [-0.3, -0.25) is 19.1 Å². The van der Waals surface area contributed by atoms with Gasteiger partial charge in [0.1, 0.15) is 0 Å². The predicted octanol–water partition coefficient (Wildman–Crippen LogP) is 1.36. The number of hydrogen-bond donors (Lipinski definition) is 1. The molecule has 0 saturated carbocycles. The summed E-state index contributed by atoms with van der Waals surface area (Å²) in [5, 5.41) is 13.0. The average Bonchev–Trinajstić information content (AvgIpc) is 2.27. The molecule has 18 heavy (non-hydrogen) atoms. The van der Waals surface area contributed by atoms with Crippen LogP contribution in [0.5, 0.6) is 0 Å². The van der Waals surface area contributed by atoms with Gasteiger partial charge < -0.3 is 5.32 Å². The minimum atomic E-state index is -0.991. The van der Waals surface area contributed by atoms with E-state index in [0.717, 1.165) is 6.07 Å². The summed E-state index contributed by atoms with van der Waals surface area (Å²) in [4.78, 5) is 21.6. The highest BCUT2D eigenvalue weighted by atomic mass is 35.5. The van der Waals surface area contributed by atoms with E-state index in [1.165, 1.54) is 18.4 Å². The highest BCUT2D eigenvalue weighted by molar-refractivity contribution is 7.84. The number of nitro benzene ring substituents is 1. The number of halogens is 1. The van der Waals surface area contributed by atoms with Gasteiger partial charge in [0, 0.05) is 41.5 Å². The van der Waals surface area contributed by atoms with Crippen LogP contribution in [0.15, 0.2) is 18.2 Å². The molecule has 0 aliphatic carbocycles. The predicted molar refractivity (Wildman–Crippen MR) is 69.4 cm³/mol. The van der Waals surface area contributed by atoms with Gasteiger partial charge in [-0.05, 0) is 6.07 Å². The van der Waals surface area contributed by atoms with Crippen molar-refractivity contribution < 1.29 is 13.9 Å². The first kappa shape index (κ1) is 14.6. The van der Waals surface area contributed by atoms with Crippen LogP contribution in [-0.2, 0) is 10.8 Å². The van der Waals surface area contributed by atoms with Crippen molar-refractivity contribution in [3.8, 4) is 0 Å². The van der Waals surface area contributed by atoms with Crippen molar-refractivity contribution in [3.05, 3.63) is 38.9 Å². The molecule has 1 aromatic carbocycles. The Morgan fingerprint density at radius 2 is 2.22 bits per heavy atom. The Hall–Kier alpha value is -1.47. The molecule has 0 fully saturated rings. The highest BCUT2D eigenvalue weighted by Crippen LogP contribution is 2.22. The maximum absolute atomic E-state index is 11.7. The fourth-order valence-corrected chi connectivity index (χ4v) is 1.86. The molecule has 98 valence electrons. The molecule has 8 heteroatoms. The second-order valence-corrected chi connectivity index (χ2v) is 5.42. The zero-order chi connectivity index (χ0) is 13.7. The number of nitro groups is 1. The molecule has 1 rings (SSSR count). The third-order valence-electron chi connectivity index (χ3n) is 2.08. The lowest BCUT2D eigenvalue weighted by Gasteiger charge is -2.05. The normalized spacial score (nSPS) is 11.9. The molecule has 0 bridgehead atoms. The zero-order valence-corrected chi connectivity index (χ0v) is 11.1. The molecule has 0 radical (unpaired) electrons. The first-order valence-electron chi connectivity index (χ1n) is 4.94. The minimum absolute atomic E-state index is 0.0133. The molecular weight excluding hydrogens is 280 g/mol. The van der Waals surface area contributed by atoms with Crippen LogP contribution in [-0.4, -0.2) is 33.6 Å². The number of carbonyl (C=O) groups is 1. The first-order valence-corrected chi connectivity index (χ1v) is 7.04. The van der Waals surface area contributed by atoms with Crippen LogP contribution in [0.3, 0.4) is 0 Å². The standard InChI is InChI=1S/C10H11ClN2O4S/c1-18(17)5-4-12-10(14)8-3-2-7(13(15)16)6-9(8)11/h2-3,6H,4-5H2,1H3,(H,12,14). The quantitative estimate of drug-likeness (QED) is 0.655. The van der Waals surface area contributed by atoms with Gasteiger partial charge in [0.2, 0.25) is 0 Å². The first-order chi connectivity index (χ1) is 8.41. The number of benzene rings is 1. The van der Waals surface area contributed by atoms with E-state index in [9.17, 15) is 19.1 Å². The van der Waals surface area contributed by atoms with Crippen molar-refractivity contribution in [2.75, 3.05) is 18.6 Å². The fourth-order valence-electron chi connectivity index (χ4n) is 1.21. The average molecular weight is 291 g/mol. The monoisotopic (exact) mass is 290 g/mol. The van der Waals surface area contributed by atoms with E-state index in [-0.39, 0.29) is 22.8 Å². The molecule has 6 nitrogen and oxygen atoms in total. The van der Waals surface area contributed by atoms with E-state index >= 15 is 0 Å². The lowest BCUT2D eigenvalue weighted by Crippen LogP contribution is -2.27.